The number of hydrogen-bond donors (Lipinski definition) is 3. The van der Waals surface area contributed by atoms with Crippen molar-refractivity contribution in [2.24, 2.45) is 12.8 Å². The Bertz CT molecular complexity index is 1630. The van der Waals surface area contributed by atoms with Gasteiger partial charge in [0.1, 0.15) is 0 Å². The fourth-order valence-electron chi connectivity index (χ4n) is 5.84. The summed E-state index contributed by atoms with van der Waals surface area (Å²) in [6.45, 7) is 1.42. The number of imidazole rings is 1. The molecule has 2 saturated carbocycles. The predicted octanol–water partition coefficient (Wildman–Crippen LogP) is 3.89. The van der Waals surface area contributed by atoms with Crippen LogP contribution in [0.4, 0.5) is 23.7 Å². The average Bonchev–Trinajstić information content (AvgIpc) is 3.41. The van der Waals surface area contributed by atoms with Crippen molar-refractivity contribution >= 4 is 35.1 Å². The second-order valence-electron chi connectivity index (χ2n) is 11.8. The molecule has 3 heterocycles. The molecule has 2 aliphatic carbocycles. The van der Waals surface area contributed by atoms with Crippen LogP contribution in [0.3, 0.4) is 0 Å². The van der Waals surface area contributed by atoms with Crippen LogP contribution in [-0.2, 0) is 13.2 Å². The third-order valence-electron chi connectivity index (χ3n) is 8.50. The van der Waals surface area contributed by atoms with Gasteiger partial charge in [-0.3, -0.25) is 14.3 Å². The SMILES string of the molecule is Cn1c(-c2cn(C3CC3)nc2C(F)(F)F)cnc1C(=O)Nc1ccc(C(=O)N2CCN(C(=O)N[C@@H]3CC[C@@H](N)C3)CC2)c(Cl)c1. The number of anilines is 1. The Kier molecular flexibility index (Phi) is 8.24. The number of halogens is 4. The molecule has 3 aliphatic rings. The van der Waals surface area contributed by atoms with Gasteiger partial charge in [0.25, 0.3) is 11.8 Å². The summed E-state index contributed by atoms with van der Waals surface area (Å²) in [7, 11) is 1.45. The van der Waals surface area contributed by atoms with Gasteiger partial charge in [-0.05, 0) is 50.3 Å². The first-order valence-corrected chi connectivity index (χ1v) is 15.2. The highest BCUT2D eigenvalue weighted by Crippen LogP contribution is 2.41. The van der Waals surface area contributed by atoms with Crippen molar-refractivity contribution in [1.82, 2.24) is 34.4 Å². The largest absolute Gasteiger partial charge is 0.435 e. The minimum absolute atomic E-state index is 0.0619. The zero-order chi connectivity index (χ0) is 32.0. The van der Waals surface area contributed by atoms with Crippen LogP contribution >= 0.6 is 11.6 Å². The summed E-state index contributed by atoms with van der Waals surface area (Å²) in [6, 6.07) is 4.39. The smallest absolute Gasteiger partial charge is 0.335 e. The van der Waals surface area contributed by atoms with Crippen molar-refractivity contribution < 1.29 is 27.6 Å². The highest BCUT2D eigenvalue weighted by Gasteiger charge is 2.40. The number of rotatable bonds is 6. The van der Waals surface area contributed by atoms with Crippen LogP contribution in [0.25, 0.3) is 11.3 Å². The third kappa shape index (κ3) is 6.50. The molecule has 1 aromatic carbocycles. The van der Waals surface area contributed by atoms with Gasteiger partial charge >= 0.3 is 12.2 Å². The van der Waals surface area contributed by atoms with Crippen molar-refractivity contribution in [3.63, 3.8) is 0 Å². The molecule has 3 fully saturated rings. The van der Waals surface area contributed by atoms with Crippen molar-refractivity contribution in [1.29, 1.82) is 0 Å². The van der Waals surface area contributed by atoms with Crippen LogP contribution in [0.15, 0.2) is 30.6 Å². The fraction of sp³-hybridized carbons (Fsp3) is 0.483. The lowest BCUT2D eigenvalue weighted by molar-refractivity contribution is -0.141. The number of benzene rings is 1. The number of hydrogen-bond acceptors (Lipinski definition) is 6. The molecule has 2 aromatic heterocycles. The number of nitrogens with one attached hydrogen (secondary N) is 2. The van der Waals surface area contributed by atoms with E-state index in [0.29, 0.717) is 26.2 Å². The third-order valence-corrected chi connectivity index (χ3v) is 8.81. The molecular weight excluding hydrogens is 615 g/mol. The van der Waals surface area contributed by atoms with Gasteiger partial charge in [0, 0.05) is 57.2 Å². The summed E-state index contributed by atoms with van der Waals surface area (Å²) in [4.78, 5) is 46.3. The number of nitrogens with zero attached hydrogens (tertiary/aromatic N) is 6. The minimum atomic E-state index is -4.68. The van der Waals surface area contributed by atoms with E-state index in [4.69, 9.17) is 17.3 Å². The number of piperazine rings is 1. The average molecular weight is 648 g/mol. The zero-order valence-corrected chi connectivity index (χ0v) is 25.2. The Morgan fingerprint density at radius 3 is 2.38 bits per heavy atom. The Hall–Kier alpha value is -4.11. The van der Waals surface area contributed by atoms with Crippen molar-refractivity contribution in [3.8, 4) is 11.3 Å². The molecule has 16 heteroatoms. The number of alkyl halides is 3. The number of carbonyl (C=O) groups excluding carboxylic acids is 3. The molecule has 240 valence electrons. The van der Waals surface area contributed by atoms with Crippen molar-refractivity contribution in [2.75, 3.05) is 31.5 Å². The maximum atomic E-state index is 13.7. The standard InChI is InChI=1S/C29H33ClF3N9O3/c1-39-23(21-15-42(19-5-6-19)38-24(21)29(31,32)33)14-35-25(39)26(43)36-18-4-7-20(22(30)13-18)27(44)40-8-10-41(11-9-40)28(45)37-17-3-2-16(34)12-17/h4,7,13-17,19H,2-3,5-6,8-12,34H2,1H3,(H,36,43)(H,37,45)/t16-,17-/m1/s1. The van der Waals surface area contributed by atoms with E-state index < -0.39 is 17.8 Å². The van der Waals surface area contributed by atoms with Crippen LogP contribution in [0.1, 0.15) is 64.8 Å². The molecule has 1 aliphatic heterocycles. The Balaban J connectivity index is 1.08. The summed E-state index contributed by atoms with van der Waals surface area (Å²) in [5.41, 5.74) is 5.35. The highest BCUT2D eigenvalue weighted by molar-refractivity contribution is 6.34. The van der Waals surface area contributed by atoms with Gasteiger partial charge in [-0.15, -0.1) is 0 Å². The molecule has 0 unspecified atom stereocenters. The van der Waals surface area contributed by atoms with Crippen LogP contribution in [0, 0.1) is 0 Å². The lowest BCUT2D eigenvalue weighted by atomic mass is 10.1. The van der Waals surface area contributed by atoms with E-state index in [-0.39, 0.29) is 63.4 Å². The first-order valence-electron chi connectivity index (χ1n) is 14.8. The summed E-state index contributed by atoms with van der Waals surface area (Å²) >= 11 is 6.45. The Morgan fingerprint density at radius 1 is 1.04 bits per heavy atom. The molecule has 0 bridgehead atoms. The number of nitrogens with two attached hydrogens (primary N) is 1. The summed E-state index contributed by atoms with van der Waals surface area (Å²) in [5, 5.41) is 9.54. The molecular formula is C29H33ClF3N9O3. The van der Waals surface area contributed by atoms with Crippen molar-refractivity contribution in [2.45, 2.75) is 56.4 Å². The second-order valence-corrected chi connectivity index (χ2v) is 12.2. The zero-order valence-electron chi connectivity index (χ0n) is 24.5. The number of urea groups is 1. The van der Waals surface area contributed by atoms with E-state index in [1.54, 1.807) is 9.80 Å². The maximum Gasteiger partial charge on any atom is 0.435 e. The van der Waals surface area contributed by atoms with E-state index in [9.17, 15) is 27.6 Å². The Morgan fingerprint density at radius 2 is 1.76 bits per heavy atom. The van der Waals surface area contributed by atoms with Gasteiger partial charge in [0.05, 0.1) is 34.1 Å². The molecule has 6 rings (SSSR count). The molecule has 1 saturated heterocycles. The first kappa shape index (κ1) is 30.9. The number of carbonyl (C=O) groups is 3. The molecule has 4 N–H and O–H groups in total. The van der Waals surface area contributed by atoms with E-state index >= 15 is 0 Å². The van der Waals surface area contributed by atoms with E-state index in [2.05, 4.69) is 20.7 Å². The summed E-state index contributed by atoms with van der Waals surface area (Å²) in [6.07, 6.45) is 1.91. The Labute approximate surface area is 261 Å². The van der Waals surface area contributed by atoms with Gasteiger partial charge in [-0.2, -0.15) is 18.3 Å². The molecule has 12 nitrogen and oxygen atoms in total. The second kappa shape index (κ2) is 12.0. The van der Waals surface area contributed by atoms with Crippen LogP contribution in [-0.4, -0.2) is 85.2 Å². The quantitative estimate of drug-likeness (QED) is 0.371. The van der Waals surface area contributed by atoms with Crippen LogP contribution in [0.2, 0.25) is 5.02 Å². The molecule has 4 amide bonds. The van der Waals surface area contributed by atoms with E-state index in [0.717, 1.165) is 32.1 Å². The maximum absolute atomic E-state index is 13.7. The predicted molar refractivity (Wildman–Crippen MR) is 159 cm³/mol. The van der Waals surface area contributed by atoms with Gasteiger partial charge < -0.3 is 30.7 Å². The van der Waals surface area contributed by atoms with Crippen molar-refractivity contribution in [3.05, 3.63) is 52.7 Å². The molecule has 0 radical (unpaired) electrons. The van der Waals surface area contributed by atoms with E-state index in [1.165, 1.54) is 46.9 Å². The summed E-state index contributed by atoms with van der Waals surface area (Å²) < 4.78 is 43.8. The minimum Gasteiger partial charge on any atom is -0.335 e. The normalized spacial score (nSPS) is 20.4. The summed E-state index contributed by atoms with van der Waals surface area (Å²) in [5.74, 6) is -1.09. The molecule has 2 atom stereocenters. The number of aromatic nitrogens is 4. The van der Waals surface area contributed by atoms with Gasteiger partial charge in [0.15, 0.2) is 11.5 Å². The van der Waals surface area contributed by atoms with Gasteiger partial charge in [0.2, 0.25) is 0 Å². The van der Waals surface area contributed by atoms with Gasteiger partial charge in [-0.25, -0.2) is 9.78 Å². The van der Waals surface area contributed by atoms with Crippen LogP contribution < -0.4 is 16.4 Å². The lowest BCUT2D eigenvalue weighted by Gasteiger charge is -2.35. The lowest BCUT2D eigenvalue weighted by Crippen LogP contribution is -2.54. The number of amides is 4. The van der Waals surface area contributed by atoms with Crippen LogP contribution in [0.5, 0.6) is 0 Å². The molecule has 0 spiro atoms. The molecule has 45 heavy (non-hydrogen) atoms. The van der Waals surface area contributed by atoms with Gasteiger partial charge in [-0.1, -0.05) is 11.6 Å². The fourth-order valence-corrected chi connectivity index (χ4v) is 6.10. The van der Waals surface area contributed by atoms with E-state index in [1.807, 2.05) is 0 Å². The molecule has 3 aromatic rings. The monoisotopic (exact) mass is 647 g/mol. The topological polar surface area (TPSA) is 143 Å². The first-order chi connectivity index (χ1) is 21.4. The highest BCUT2D eigenvalue weighted by atomic mass is 35.5.